The van der Waals surface area contributed by atoms with Crippen molar-refractivity contribution in [3.63, 3.8) is 0 Å². The molecule has 0 aromatic carbocycles. The fourth-order valence-electron chi connectivity index (χ4n) is 3.61. The average molecular weight is 457 g/mol. The summed E-state index contributed by atoms with van der Waals surface area (Å²) in [5.41, 5.74) is 1.07. The van der Waals surface area contributed by atoms with E-state index in [0.29, 0.717) is 34.5 Å². The molecule has 12 heteroatoms. The molecule has 1 atom stereocenters. The number of halogens is 5. The van der Waals surface area contributed by atoms with E-state index in [0.717, 1.165) is 6.20 Å². The molecule has 1 saturated heterocycles. The number of fused-ring (bicyclic) bond motifs is 1. The van der Waals surface area contributed by atoms with Crippen molar-refractivity contribution in [2.75, 3.05) is 18.0 Å². The van der Waals surface area contributed by atoms with Gasteiger partial charge in [-0.3, -0.25) is 4.79 Å². The van der Waals surface area contributed by atoms with Crippen molar-refractivity contribution in [2.45, 2.75) is 31.5 Å². The van der Waals surface area contributed by atoms with Crippen LogP contribution in [-0.2, 0) is 4.79 Å². The first-order valence-corrected chi connectivity index (χ1v) is 9.87. The molecule has 164 valence electrons. The number of aromatic amines is 1. The Labute approximate surface area is 178 Å². The van der Waals surface area contributed by atoms with Crippen molar-refractivity contribution < 1.29 is 22.4 Å². The third kappa shape index (κ3) is 4.55. The van der Waals surface area contributed by atoms with E-state index in [-0.39, 0.29) is 24.6 Å². The zero-order chi connectivity index (χ0) is 22.2. The molecule has 0 saturated carbocycles. The summed E-state index contributed by atoms with van der Waals surface area (Å²) in [7, 11) is 0. The maximum Gasteiger partial charge on any atom is 0.405 e. The predicted octanol–water partition coefficient (Wildman–Crippen LogP) is 3.85. The molecule has 4 rings (SSSR count). The second-order valence-corrected chi connectivity index (χ2v) is 7.59. The zero-order valence-corrected chi connectivity index (χ0v) is 16.8. The lowest BCUT2D eigenvalue weighted by Gasteiger charge is -2.35. The summed E-state index contributed by atoms with van der Waals surface area (Å²) in [6, 6.07) is 0.698. The van der Waals surface area contributed by atoms with Gasteiger partial charge in [-0.05, 0) is 25.3 Å². The Morgan fingerprint density at radius 2 is 2.10 bits per heavy atom. The van der Waals surface area contributed by atoms with Crippen molar-refractivity contribution in [3.8, 4) is 11.4 Å². The van der Waals surface area contributed by atoms with E-state index < -0.39 is 30.5 Å². The molecule has 1 aliphatic rings. The van der Waals surface area contributed by atoms with Crippen LogP contribution in [0.25, 0.3) is 22.4 Å². The molecule has 7 nitrogen and oxygen atoms in total. The second-order valence-electron chi connectivity index (χ2n) is 7.16. The first-order valence-electron chi connectivity index (χ1n) is 9.49. The molecule has 3 aromatic heterocycles. The fraction of sp³-hybridized carbons (Fsp3) is 0.368. The Hall–Kier alpha value is -2.95. The number of amides is 1. The molecule has 31 heavy (non-hydrogen) atoms. The lowest BCUT2D eigenvalue weighted by molar-refractivity contribution is -0.139. The number of nitrogens with one attached hydrogen (secondary N) is 2. The number of hydrogen-bond donors (Lipinski definition) is 2. The van der Waals surface area contributed by atoms with E-state index in [4.69, 9.17) is 11.6 Å². The van der Waals surface area contributed by atoms with Crippen molar-refractivity contribution in [1.29, 1.82) is 0 Å². The minimum Gasteiger partial charge on any atom is -0.345 e. The summed E-state index contributed by atoms with van der Waals surface area (Å²) >= 11 is 6.02. The van der Waals surface area contributed by atoms with Gasteiger partial charge in [-0.1, -0.05) is 11.6 Å². The van der Waals surface area contributed by atoms with Gasteiger partial charge in [-0.2, -0.15) is 13.2 Å². The summed E-state index contributed by atoms with van der Waals surface area (Å²) in [6.07, 6.45) is 1.09. The van der Waals surface area contributed by atoms with Crippen molar-refractivity contribution in [1.82, 2.24) is 25.3 Å². The van der Waals surface area contributed by atoms with Gasteiger partial charge >= 0.3 is 6.18 Å². The monoisotopic (exact) mass is 456 g/mol. The summed E-state index contributed by atoms with van der Waals surface area (Å²) in [4.78, 5) is 29.3. The van der Waals surface area contributed by atoms with Crippen molar-refractivity contribution in [3.05, 3.63) is 35.5 Å². The molecule has 0 aliphatic carbocycles. The molecule has 3 aromatic rings. The van der Waals surface area contributed by atoms with E-state index in [1.165, 1.54) is 11.1 Å². The first-order chi connectivity index (χ1) is 14.7. The Morgan fingerprint density at radius 3 is 2.87 bits per heavy atom. The van der Waals surface area contributed by atoms with E-state index in [2.05, 4.69) is 19.9 Å². The van der Waals surface area contributed by atoms with Gasteiger partial charge in [0, 0.05) is 29.9 Å². The largest absolute Gasteiger partial charge is 0.405 e. The highest BCUT2D eigenvalue weighted by molar-refractivity contribution is 6.31. The SMILES string of the molecule is O=C(NCC(F)(F)F)[C@@H]1CCCCN1c1nc(-c2c[nH]c3ncc(Cl)cc23)ncc1F. The van der Waals surface area contributed by atoms with Gasteiger partial charge in [-0.25, -0.2) is 19.3 Å². The van der Waals surface area contributed by atoms with Crippen LogP contribution >= 0.6 is 11.6 Å². The molecule has 1 aliphatic heterocycles. The number of rotatable bonds is 4. The third-order valence-electron chi connectivity index (χ3n) is 5.00. The van der Waals surface area contributed by atoms with Crippen LogP contribution in [0.1, 0.15) is 19.3 Å². The number of carbonyl (C=O) groups is 1. The normalized spacial score (nSPS) is 17.2. The quantitative estimate of drug-likeness (QED) is 0.582. The minimum atomic E-state index is -4.53. The van der Waals surface area contributed by atoms with Gasteiger partial charge < -0.3 is 15.2 Å². The molecular weight excluding hydrogens is 440 g/mol. The maximum atomic E-state index is 14.7. The van der Waals surface area contributed by atoms with Crippen LogP contribution in [0.4, 0.5) is 23.4 Å². The van der Waals surface area contributed by atoms with Crippen molar-refractivity contribution >= 4 is 34.4 Å². The number of H-pyrrole nitrogens is 1. The molecule has 2 N–H and O–H groups in total. The third-order valence-corrected chi connectivity index (χ3v) is 5.21. The molecule has 0 spiro atoms. The molecule has 0 unspecified atom stereocenters. The second kappa shape index (κ2) is 8.29. The number of aromatic nitrogens is 4. The number of pyridine rings is 1. The molecule has 1 amide bonds. The van der Waals surface area contributed by atoms with Crippen LogP contribution in [-0.4, -0.2) is 51.2 Å². The van der Waals surface area contributed by atoms with E-state index in [9.17, 15) is 22.4 Å². The highest BCUT2D eigenvalue weighted by Gasteiger charge is 2.34. The molecule has 0 bridgehead atoms. The minimum absolute atomic E-state index is 0.138. The highest BCUT2D eigenvalue weighted by Crippen LogP contribution is 2.31. The van der Waals surface area contributed by atoms with Gasteiger partial charge in [0.1, 0.15) is 18.2 Å². The number of alkyl halides is 3. The lowest BCUT2D eigenvalue weighted by atomic mass is 10.0. The van der Waals surface area contributed by atoms with Gasteiger partial charge in [0.05, 0.1) is 11.2 Å². The lowest BCUT2D eigenvalue weighted by Crippen LogP contribution is -2.51. The number of hydrogen-bond acceptors (Lipinski definition) is 5. The van der Waals surface area contributed by atoms with Gasteiger partial charge in [0.2, 0.25) is 5.91 Å². The molecule has 0 radical (unpaired) electrons. The van der Waals surface area contributed by atoms with Crippen LogP contribution in [0.5, 0.6) is 0 Å². The first kappa shape index (κ1) is 21.3. The molecular formula is C19H17ClF4N6O. The molecule has 4 heterocycles. The summed E-state index contributed by atoms with van der Waals surface area (Å²) < 4.78 is 52.2. The maximum absolute atomic E-state index is 14.7. The summed E-state index contributed by atoms with van der Waals surface area (Å²) in [6.45, 7) is -1.17. The Kier molecular flexibility index (Phi) is 5.69. The smallest absolute Gasteiger partial charge is 0.345 e. The van der Waals surface area contributed by atoms with Crippen LogP contribution in [0.3, 0.4) is 0 Å². The molecule has 1 fully saturated rings. The summed E-state index contributed by atoms with van der Waals surface area (Å²) in [5, 5.41) is 2.91. The number of carbonyl (C=O) groups excluding carboxylic acids is 1. The van der Waals surface area contributed by atoms with Gasteiger partial charge in [-0.15, -0.1) is 0 Å². The zero-order valence-electron chi connectivity index (χ0n) is 16.0. The summed E-state index contributed by atoms with van der Waals surface area (Å²) in [5.74, 6) is -1.55. The van der Waals surface area contributed by atoms with E-state index in [1.807, 2.05) is 5.32 Å². The number of piperidine rings is 1. The van der Waals surface area contributed by atoms with E-state index >= 15 is 0 Å². The Balaban J connectivity index is 1.68. The topological polar surface area (TPSA) is 86.8 Å². The van der Waals surface area contributed by atoms with Crippen LogP contribution in [0.15, 0.2) is 24.7 Å². The highest BCUT2D eigenvalue weighted by atomic mass is 35.5. The number of nitrogens with zero attached hydrogens (tertiary/aromatic N) is 4. The fourth-order valence-corrected chi connectivity index (χ4v) is 3.77. The predicted molar refractivity (Wildman–Crippen MR) is 106 cm³/mol. The van der Waals surface area contributed by atoms with Crippen molar-refractivity contribution in [2.24, 2.45) is 0 Å². The van der Waals surface area contributed by atoms with Crippen LogP contribution < -0.4 is 10.2 Å². The van der Waals surface area contributed by atoms with E-state index in [1.54, 1.807) is 12.3 Å². The average Bonchev–Trinajstić information content (AvgIpc) is 3.15. The Morgan fingerprint density at radius 1 is 1.29 bits per heavy atom. The van der Waals surface area contributed by atoms with Crippen LogP contribution in [0, 0.1) is 5.82 Å². The standard InChI is InChI=1S/C19H17ClF4N6O/c20-10-5-11-12(7-26-15(11)25-6-10)16-27-8-13(21)17(29-16)30-4-2-1-3-14(30)18(31)28-9-19(22,23)24/h5-8,14H,1-4,9H2,(H,25,26)(H,28,31)/t14-/m0/s1. The number of anilines is 1. The van der Waals surface area contributed by atoms with Crippen LogP contribution in [0.2, 0.25) is 5.02 Å². The van der Waals surface area contributed by atoms with Gasteiger partial charge in [0.15, 0.2) is 17.5 Å². The van der Waals surface area contributed by atoms with Gasteiger partial charge in [0.25, 0.3) is 0 Å². The Bertz CT molecular complexity index is 1120.